The van der Waals surface area contributed by atoms with Crippen LogP contribution >= 0.6 is 0 Å². The first-order chi connectivity index (χ1) is 7.97. The first-order valence-electron chi connectivity index (χ1n) is 7.25. The Balaban J connectivity index is 2.58. The maximum atomic E-state index is 14.2. The zero-order valence-corrected chi connectivity index (χ0v) is 11.8. The van der Waals surface area contributed by atoms with Crippen molar-refractivity contribution in [2.45, 2.75) is 72.1 Å². The number of halogens is 2. The summed E-state index contributed by atoms with van der Waals surface area (Å²) in [5.41, 5.74) is 0. The fraction of sp³-hybridized carbons (Fsp3) is 1.00. The average molecular weight is 246 g/mol. The van der Waals surface area contributed by atoms with Gasteiger partial charge in [-0.3, -0.25) is 0 Å². The highest BCUT2D eigenvalue weighted by Crippen LogP contribution is 2.38. The van der Waals surface area contributed by atoms with Crippen molar-refractivity contribution in [3.63, 3.8) is 0 Å². The van der Waals surface area contributed by atoms with Crippen LogP contribution in [0.1, 0.15) is 59.8 Å². The second kappa shape index (κ2) is 6.70. The molecule has 0 aromatic heterocycles. The van der Waals surface area contributed by atoms with Gasteiger partial charge in [0, 0.05) is 0 Å². The van der Waals surface area contributed by atoms with E-state index in [4.69, 9.17) is 0 Å². The Kier molecular flexibility index (Phi) is 5.88. The van der Waals surface area contributed by atoms with E-state index in [1.54, 1.807) is 13.8 Å². The lowest BCUT2D eigenvalue weighted by atomic mass is 9.72. The lowest BCUT2D eigenvalue weighted by Crippen LogP contribution is -2.35. The summed E-state index contributed by atoms with van der Waals surface area (Å²) in [7, 11) is 0. The predicted octanol–water partition coefficient (Wildman–Crippen LogP) is 5.17. The van der Waals surface area contributed by atoms with E-state index in [9.17, 15) is 8.78 Å². The highest BCUT2D eigenvalue weighted by atomic mass is 19.2. The van der Waals surface area contributed by atoms with Gasteiger partial charge in [-0.15, -0.1) is 0 Å². The van der Waals surface area contributed by atoms with Crippen molar-refractivity contribution in [1.29, 1.82) is 0 Å². The highest BCUT2D eigenvalue weighted by Gasteiger charge is 2.36. The number of alkyl halides is 2. The average Bonchev–Trinajstić information content (AvgIpc) is 2.31. The van der Waals surface area contributed by atoms with Gasteiger partial charge in [0.2, 0.25) is 0 Å². The summed E-state index contributed by atoms with van der Waals surface area (Å²) in [6.07, 6.45) is 2.76. The molecular weight excluding hydrogens is 218 g/mol. The Labute approximate surface area is 105 Å². The van der Waals surface area contributed by atoms with E-state index < -0.39 is 12.3 Å². The highest BCUT2D eigenvalue weighted by molar-refractivity contribution is 4.85. The van der Waals surface area contributed by atoms with E-state index in [-0.39, 0.29) is 11.8 Å². The van der Waals surface area contributed by atoms with E-state index in [1.165, 1.54) is 12.8 Å². The Morgan fingerprint density at radius 2 is 1.53 bits per heavy atom. The molecule has 0 aromatic rings. The van der Waals surface area contributed by atoms with Crippen LogP contribution in [-0.4, -0.2) is 12.3 Å². The molecule has 0 nitrogen and oxygen atoms in total. The zero-order valence-electron chi connectivity index (χ0n) is 11.8. The van der Waals surface area contributed by atoms with Crippen LogP contribution in [0.4, 0.5) is 8.78 Å². The summed E-state index contributed by atoms with van der Waals surface area (Å²) in [5, 5.41) is 0. The predicted molar refractivity (Wildman–Crippen MR) is 69.5 cm³/mol. The molecule has 0 radical (unpaired) electrons. The summed E-state index contributed by atoms with van der Waals surface area (Å²) >= 11 is 0. The van der Waals surface area contributed by atoms with Crippen molar-refractivity contribution >= 4 is 0 Å². The second-order valence-electron chi connectivity index (χ2n) is 6.22. The normalized spacial score (nSPS) is 31.2. The largest absolute Gasteiger partial charge is 0.244 e. The van der Waals surface area contributed by atoms with Crippen LogP contribution in [0, 0.1) is 23.7 Å². The Morgan fingerprint density at radius 3 is 1.94 bits per heavy atom. The summed E-state index contributed by atoms with van der Waals surface area (Å²) in [6.45, 7) is 7.80. The number of rotatable bonds is 5. The topological polar surface area (TPSA) is 0 Å². The van der Waals surface area contributed by atoms with E-state index in [2.05, 4.69) is 6.92 Å². The second-order valence-corrected chi connectivity index (χ2v) is 6.22. The summed E-state index contributed by atoms with van der Waals surface area (Å²) in [5.74, 6) is 0.901. The van der Waals surface area contributed by atoms with Crippen molar-refractivity contribution in [3.8, 4) is 0 Å². The molecule has 1 saturated carbocycles. The van der Waals surface area contributed by atoms with Crippen LogP contribution in [0.5, 0.6) is 0 Å². The van der Waals surface area contributed by atoms with E-state index >= 15 is 0 Å². The quantitative estimate of drug-likeness (QED) is 0.627. The molecule has 0 aromatic carbocycles. The lowest BCUT2D eigenvalue weighted by molar-refractivity contribution is 0.0358. The van der Waals surface area contributed by atoms with Crippen LogP contribution < -0.4 is 0 Å². The molecule has 3 unspecified atom stereocenters. The van der Waals surface area contributed by atoms with Crippen LogP contribution in [0.2, 0.25) is 0 Å². The van der Waals surface area contributed by atoms with Gasteiger partial charge in [-0.2, -0.15) is 0 Å². The van der Waals surface area contributed by atoms with E-state index in [0.717, 1.165) is 25.2 Å². The molecule has 0 heterocycles. The summed E-state index contributed by atoms with van der Waals surface area (Å²) in [4.78, 5) is 0. The van der Waals surface area contributed by atoms with Crippen molar-refractivity contribution < 1.29 is 8.78 Å². The monoisotopic (exact) mass is 246 g/mol. The van der Waals surface area contributed by atoms with Gasteiger partial charge in [-0.25, -0.2) is 8.78 Å². The lowest BCUT2D eigenvalue weighted by Gasteiger charge is -2.35. The third kappa shape index (κ3) is 3.93. The van der Waals surface area contributed by atoms with Gasteiger partial charge in [0.25, 0.3) is 0 Å². The summed E-state index contributed by atoms with van der Waals surface area (Å²) < 4.78 is 28.0. The van der Waals surface area contributed by atoms with E-state index in [0.29, 0.717) is 5.92 Å². The zero-order chi connectivity index (χ0) is 13.0. The first kappa shape index (κ1) is 14.9. The molecule has 0 saturated heterocycles. The molecule has 1 aliphatic carbocycles. The maximum Gasteiger partial charge on any atom is 0.134 e. The van der Waals surface area contributed by atoms with Crippen molar-refractivity contribution in [2.24, 2.45) is 23.7 Å². The molecule has 1 rings (SSSR count). The molecule has 0 amide bonds. The molecule has 2 heteroatoms. The van der Waals surface area contributed by atoms with Crippen molar-refractivity contribution in [1.82, 2.24) is 0 Å². The third-order valence-corrected chi connectivity index (χ3v) is 4.49. The Morgan fingerprint density at radius 1 is 1.00 bits per heavy atom. The minimum atomic E-state index is -1.29. The van der Waals surface area contributed by atoms with E-state index in [1.807, 2.05) is 6.92 Å². The van der Waals surface area contributed by atoms with Gasteiger partial charge in [0.05, 0.1) is 0 Å². The molecule has 102 valence electrons. The molecule has 1 aliphatic rings. The van der Waals surface area contributed by atoms with Gasteiger partial charge < -0.3 is 0 Å². The van der Waals surface area contributed by atoms with Gasteiger partial charge in [-0.1, -0.05) is 47.0 Å². The van der Waals surface area contributed by atoms with Crippen LogP contribution in [0.3, 0.4) is 0 Å². The molecule has 0 spiro atoms. The minimum Gasteiger partial charge on any atom is -0.244 e. The Hall–Kier alpha value is -0.140. The molecular formula is C15H28F2. The third-order valence-electron chi connectivity index (χ3n) is 4.49. The standard InChI is InChI=1S/C15H28F2/c1-5-13(15(17)14(16)10(2)3)12-8-6-11(4)7-9-12/h10-15H,5-9H2,1-4H3. The van der Waals surface area contributed by atoms with Gasteiger partial charge in [0.15, 0.2) is 0 Å². The van der Waals surface area contributed by atoms with Gasteiger partial charge >= 0.3 is 0 Å². The molecule has 0 aliphatic heterocycles. The van der Waals surface area contributed by atoms with Gasteiger partial charge in [0.1, 0.15) is 12.3 Å². The fourth-order valence-electron chi connectivity index (χ4n) is 3.14. The van der Waals surface area contributed by atoms with Gasteiger partial charge in [-0.05, 0) is 36.5 Å². The molecule has 0 N–H and O–H groups in total. The smallest absolute Gasteiger partial charge is 0.134 e. The molecule has 17 heavy (non-hydrogen) atoms. The van der Waals surface area contributed by atoms with Crippen LogP contribution in [0.15, 0.2) is 0 Å². The number of hydrogen-bond acceptors (Lipinski definition) is 0. The Bertz CT molecular complexity index is 207. The molecule has 0 bridgehead atoms. The van der Waals surface area contributed by atoms with Crippen molar-refractivity contribution in [2.75, 3.05) is 0 Å². The number of hydrogen-bond donors (Lipinski definition) is 0. The van der Waals surface area contributed by atoms with Crippen molar-refractivity contribution in [3.05, 3.63) is 0 Å². The fourth-order valence-corrected chi connectivity index (χ4v) is 3.14. The molecule has 3 atom stereocenters. The minimum absolute atomic E-state index is 0.0695. The van der Waals surface area contributed by atoms with Crippen LogP contribution in [0.25, 0.3) is 0 Å². The maximum absolute atomic E-state index is 14.2. The first-order valence-corrected chi connectivity index (χ1v) is 7.25. The molecule has 1 fully saturated rings. The SMILES string of the molecule is CCC(C1CCC(C)CC1)C(F)C(F)C(C)C. The van der Waals surface area contributed by atoms with Crippen LogP contribution in [-0.2, 0) is 0 Å². The summed E-state index contributed by atoms with van der Waals surface area (Å²) in [6, 6.07) is 0.